The van der Waals surface area contributed by atoms with Crippen molar-refractivity contribution in [2.24, 2.45) is 0 Å². The van der Waals surface area contributed by atoms with Crippen LogP contribution in [-0.2, 0) is 20.7 Å². The smallest absolute Gasteiger partial charge is 0.357 e. The molecule has 0 aliphatic rings. The quantitative estimate of drug-likeness (QED) is 0.739. The molecular formula is C10H14N2O4S. The zero-order valence-electron chi connectivity index (χ0n) is 9.69. The fourth-order valence-corrected chi connectivity index (χ4v) is 1.88. The van der Waals surface area contributed by atoms with E-state index < -0.39 is 5.97 Å². The summed E-state index contributed by atoms with van der Waals surface area (Å²) in [7, 11) is 2.77. The number of carbonyl (C=O) groups is 2. The number of esters is 1. The highest BCUT2D eigenvalue weighted by atomic mass is 32.1. The Hall–Kier alpha value is -1.47. The Kier molecular flexibility index (Phi) is 5.58. The fraction of sp³-hybridized carbons (Fsp3) is 0.500. The van der Waals surface area contributed by atoms with Crippen molar-refractivity contribution in [2.45, 2.75) is 6.42 Å². The summed E-state index contributed by atoms with van der Waals surface area (Å²) < 4.78 is 9.21. The normalized spacial score (nSPS) is 10.0. The van der Waals surface area contributed by atoms with Crippen molar-refractivity contribution in [3.63, 3.8) is 0 Å². The number of ether oxygens (including phenoxy) is 2. The van der Waals surface area contributed by atoms with Crippen molar-refractivity contribution in [3.05, 3.63) is 16.1 Å². The lowest BCUT2D eigenvalue weighted by atomic mass is 10.4. The van der Waals surface area contributed by atoms with Crippen LogP contribution in [0.4, 0.5) is 0 Å². The Balaban J connectivity index is 2.35. The van der Waals surface area contributed by atoms with E-state index in [9.17, 15) is 9.59 Å². The molecule has 0 unspecified atom stereocenters. The van der Waals surface area contributed by atoms with Crippen LogP contribution in [0.5, 0.6) is 0 Å². The lowest BCUT2D eigenvalue weighted by Gasteiger charge is -2.01. The minimum absolute atomic E-state index is 0.0469. The molecule has 1 aromatic rings. The van der Waals surface area contributed by atoms with E-state index in [4.69, 9.17) is 0 Å². The van der Waals surface area contributed by atoms with Crippen LogP contribution in [0.1, 0.15) is 15.5 Å². The lowest BCUT2D eigenvalue weighted by molar-refractivity contribution is -0.124. The van der Waals surface area contributed by atoms with Crippen molar-refractivity contribution in [3.8, 4) is 0 Å². The number of nitrogens with one attached hydrogen (secondary N) is 1. The van der Waals surface area contributed by atoms with Gasteiger partial charge in [0, 0.05) is 25.5 Å². The summed E-state index contributed by atoms with van der Waals surface area (Å²) in [5.41, 5.74) is 0.302. The maximum Gasteiger partial charge on any atom is 0.357 e. The fourth-order valence-electron chi connectivity index (χ4n) is 1.12. The number of methoxy groups -OCH3 is 2. The molecule has 0 radical (unpaired) electrons. The van der Waals surface area contributed by atoms with E-state index in [0.717, 1.165) is 5.01 Å². The van der Waals surface area contributed by atoms with E-state index in [1.54, 1.807) is 5.38 Å². The van der Waals surface area contributed by atoms with E-state index in [-0.39, 0.29) is 12.5 Å². The van der Waals surface area contributed by atoms with Gasteiger partial charge in [-0.15, -0.1) is 11.3 Å². The van der Waals surface area contributed by atoms with Crippen molar-refractivity contribution in [1.29, 1.82) is 0 Å². The molecule has 0 aromatic carbocycles. The highest BCUT2D eigenvalue weighted by molar-refractivity contribution is 7.09. The van der Waals surface area contributed by atoms with Gasteiger partial charge in [0.15, 0.2) is 5.69 Å². The first-order valence-electron chi connectivity index (χ1n) is 4.95. The van der Waals surface area contributed by atoms with E-state index in [0.29, 0.717) is 18.7 Å². The first-order valence-corrected chi connectivity index (χ1v) is 5.83. The summed E-state index contributed by atoms with van der Waals surface area (Å²) >= 11 is 1.36. The molecule has 0 aliphatic heterocycles. The summed E-state index contributed by atoms with van der Waals surface area (Å²) in [5, 5.41) is 5.09. The predicted molar refractivity (Wildman–Crippen MR) is 62.0 cm³/mol. The molecular weight excluding hydrogens is 244 g/mol. The van der Waals surface area contributed by atoms with Gasteiger partial charge in [-0.05, 0) is 0 Å². The van der Waals surface area contributed by atoms with Gasteiger partial charge in [0.05, 0.1) is 12.1 Å². The van der Waals surface area contributed by atoms with Crippen LogP contribution < -0.4 is 5.32 Å². The van der Waals surface area contributed by atoms with Crippen molar-refractivity contribution < 1.29 is 19.1 Å². The zero-order chi connectivity index (χ0) is 12.7. The molecule has 1 N–H and O–H groups in total. The Morgan fingerprint density at radius 3 is 2.88 bits per heavy atom. The maximum atomic E-state index is 11.1. The first-order chi connectivity index (χ1) is 8.17. The summed E-state index contributed by atoms with van der Waals surface area (Å²) in [5.74, 6) is -0.617. The van der Waals surface area contributed by atoms with Gasteiger partial charge >= 0.3 is 5.97 Å². The zero-order valence-corrected chi connectivity index (χ0v) is 10.5. The van der Waals surface area contributed by atoms with Crippen LogP contribution in [0.2, 0.25) is 0 Å². The Morgan fingerprint density at radius 2 is 2.24 bits per heavy atom. The molecule has 0 fully saturated rings. The number of amides is 1. The van der Waals surface area contributed by atoms with E-state index >= 15 is 0 Å². The van der Waals surface area contributed by atoms with Crippen molar-refractivity contribution in [2.75, 3.05) is 27.4 Å². The van der Waals surface area contributed by atoms with Gasteiger partial charge in [-0.3, -0.25) is 4.79 Å². The lowest BCUT2D eigenvalue weighted by Crippen LogP contribution is -2.28. The third-order valence-corrected chi connectivity index (χ3v) is 2.79. The molecule has 0 aliphatic carbocycles. The van der Waals surface area contributed by atoms with E-state index in [1.165, 1.54) is 25.6 Å². The molecule has 0 bridgehead atoms. The van der Waals surface area contributed by atoms with Gasteiger partial charge < -0.3 is 14.8 Å². The molecule has 94 valence electrons. The van der Waals surface area contributed by atoms with Crippen LogP contribution in [-0.4, -0.2) is 44.2 Å². The molecule has 1 heterocycles. The maximum absolute atomic E-state index is 11.1. The summed E-state index contributed by atoms with van der Waals surface area (Å²) in [6, 6.07) is 0. The van der Waals surface area contributed by atoms with E-state index in [1.807, 2.05) is 0 Å². The van der Waals surface area contributed by atoms with Crippen molar-refractivity contribution >= 4 is 23.2 Å². The van der Waals surface area contributed by atoms with Crippen LogP contribution in [0.25, 0.3) is 0 Å². The second-order valence-corrected chi connectivity index (χ2v) is 4.09. The number of thiazole rings is 1. The minimum Gasteiger partial charge on any atom is -0.464 e. The second-order valence-electron chi connectivity index (χ2n) is 3.15. The SMILES string of the molecule is COCC(=O)NCCc1nc(C(=O)OC)cs1. The molecule has 17 heavy (non-hydrogen) atoms. The number of hydrogen-bond acceptors (Lipinski definition) is 6. The van der Waals surface area contributed by atoms with Crippen LogP contribution in [0, 0.1) is 0 Å². The first kappa shape index (κ1) is 13.6. The monoisotopic (exact) mass is 258 g/mol. The molecule has 1 rings (SSSR count). The molecule has 0 atom stereocenters. The largest absolute Gasteiger partial charge is 0.464 e. The van der Waals surface area contributed by atoms with Gasteiger partial charge in [-0.25, -0.2) is 9.78 Å². The second kappa shape index (κ2) is 6.97. The predicted octanol–water partition coefficient (Wildman–Crippen LogP) is 0.235. The van der Waals surface area contributed by atoms with Gasteiger partial charge in [0.2, 0.25) is 5.91 Å². The number of hydrogen-bond donors (Lipinski definition) is 1. The average molecular weight is 258 g/mol. The number of rotatable bonds is 6. The Morgan fingerprint density at radius 1 is 1.47 bits per heavy atom. The molecule has 0 saturated heterocycles. The van der Waals surface area contributed by atoms with E-state index in [2.05, 4.69) is 19.8 Å². The van der Waals surface area contributed by atoms with Crippen LogP contribution in [0.3, 0.4) is 0 Å². The van der Waals surface area contributed by atoms with Gasteiger partial charge in [0.25, 0.3) is 0 Å². The van der Waals surface area contributed by atoms with Crippen LogP contribution >= 0.6 is 11.3 Å². The molecule has 7 heteroatoms. The third-order valence-electron chi connectivity index (χ3n) is 1.88. The molecule has 0 spiro atoms. The van der Waals surface area contributed by atoms with Gasteiger partial charge in [-0.1, -0.05) is 0 Å². The highest BCUT2D eigenvalue weighted by Crippen LogP contribution is 2.10. The minimum atomic E-state index is -0.448. The Bertz CT molecular complexity index is 391. The highest BCUT2D eigenvalue weighted by Gasteiger charge is 2.10. The summed E-state index contributed by atoms with van der Waals surface area (Å²) in [4.78, 5) is 26.3. The average Bonchev–Trinajstić information content (AvgIpc) is 2.77. The summed E-state index contributed by atoms with van der Waals surface area (Å²) in [6.45, 7) is 0.515. The van der Waals surface area contributed by atoms with Gasteiger partial charge in [-0.2, -0.15) is 0 Å². The molecule has 0 saturated carbocycles. The molecule has 1 amide bonds. The number of carbonyl (C=O) groups excluding carboxylic acids is 2. The Labute approximate surface area is 103 Å². The standard InChI is InChI=1S/C10H14N2O4S/c1-15-5-8(13)11-4-3-9-12-7(6-17-9)10(14)16-2/h6H,3-5H2,1-2H3,(H,11,13). The topological polar surface area (TPSA) is 77.5 Å². The van der Waals surface area contributed by atoms with Crippen LogP contribution in [0.15, 0.2) is 5.38 Å². The number of aromatic nitrogens is 1. The third kappa shape index (κ3) is 4.49. The summed E-state index contributed by atoms with van der Waals surface area (Å²) in [6.07, 6.45) is 0.580. The van der Waals surface area contributed by atoms with Gasteiger partial charge in [0.1, 0.15) is 6.61 Å². The molecule has 1 aromatic heterocycles. The number of nitrogens with zero attached hydrogens (tertiary/aromatic N) is 1. The molecule has 6 nitrogen and oxygen atoms in total. The van der Waals surface area contributed by atoms with Crippen molar-refractivity contribution in [1.82, 2.24) is 10.3 Å².